The zero-order chi connectivity index (χ0) is 19.7. The van der Waals surface area contributed by atoms with Crippen molar-refractivity contribution in [3.8, 4) is 11.5 Å². The van der Waals surface area contributed by atoms with Crippen LogP contribution in [-0.2, 0) is 4.74 Å². The lowest BCUT2D eigenvalue weighted by Crippen LogP contribution is -2.15. The van der Waals surface area contributed by atoms with Crippen LogP contribution < -0.4 is 4.74 Å². The molecule has 1 fully saturated rings. The SMILES string of the molecule is CCOc1cc(C(=O)OCC(=O)c2cc(C)n(C3CC3)c2C)cc(Cl)c1O. The van der Waals surface area contributed by atoms with E-state index in [2.05, 4.69) is 4.57 Å². The van der Waals surface area contributed by atoms with E-state index >= 15 is 0 Å². The Morgan fingerprint density at radius 1 is 1.26 bits per heavy atom. The molecule has 0 amide bonds. The molecule has 6 nitrogen and oxygen atoms in total. The number of phenolic OH excluding ortho intramolecular Hbond substituents is 1. The molecule has 27 heavy (non-hydrogen) atoms. The smallest absolute Gasteiger partial charge is 0.338 e. The molecule has 7 heteroatoms. The zero-order valence-corrected chi connectivity index (χ0v) is 16.3. The van der Waals surface area contributed by atoms with Gasteiger partial charge in [-0.25, -0.2) is 4.79 Å². The Bertz CT molecular complexity index is 898. The minimum atomic E-state index is -0.706. The highest BCUT2D eigenvalue weighted by molar-refractivity contribution is 6.32. The van der Waals surface area contributed by atoms with Crippen LogP contribution in [0.25, 0.3) is 0 Å². The summed E-state index contributed by atoms with van der Waals surface area (Å²) >= 11 is 5.93. The number of aromatic hydroxyl groups is 1. The summed E-state index contributed by atoms with van der Waals surface area (Å²) in [6, 6.07) is 4.95. The predicted octanol–water partition coefficient (Wildman–Crippen LogP) is 4.24. The van der Waals surface area contributed by atoms with Crippen molar-refractivity contribution in [1.82, 2.24) is 4.57 Å². The predicted molar refractivity (Wildman–Crippen MR) is 101 cm³/mol. The first-order valence-electron chi connectivity index (χ1n) is 8.87. The van der Waals surface area contributed by atoms with Gasteiger partial charge in [-0.3, -0.25) is 4.79 Å². The number of aromatic nitrogens is 1. The number of phenols is 1. The Morgan fingerprint density at radius 2 is 1.96 bits per heavy atom. The van der Waals surface area contributed by atoms with Gasteiger partial charge in [-0.1, -0.05) is 11.6 Å². The number of hydrogen-bond donors (Lipinski definition) is 1. The minimum Gasteiger partial charge on any atom is -0.503 e. The molecule has 0 spiro atoms. The summed E-state index contributed by atoms with van der Waals surface area (Å²) in [4.78, 5) is 24.8. The van der Waals surface area contributed by atoms with E-state index in [0.29, 0.717) is 18.2 Å². The fourth-order valence-corrected chi connectivity index (χ4v) is 3.41. The van der Waals surface area contributed by atoms with Crippen molar-refractivity contribution in [2.75, 3.05) is 13.2 Å². The number of benzene rings is 1. The Balaban J connectivity index is 1.71. The van der Waals surface area contributed by atoms with Crippen LogP contribution in [0.3, 0.4) is 0 Å². The van der Waals surface area contributed by atoms with Crippen molar-refractivity contribution in [3.63, 3.8) is 0 Å². The number of nitrogens with zero attached hydrogens (tertiary/aromatic N) is 1. The molecule has 2 aromatic rings. The number of esters is 1. The third kappa shape index (κ3) is 3.95. The van der Waals surface area contributed by atoms with Gasteiger partial charge in [-0.2, -0.15) is 0 Å². The molecule has 1 aromatic heterocycles. The molecule has 0 unspecified atom stereocenters. The summed E-state index contributed by atoms with van der Waals surface area (Å²) in [5, 5.41) is 9.82. The molecule has 3 rings (SSSR count). The maximum Gasteiger partial charge on any atom is 0.338 e. The van der Waals surface area contributed by atoms with Crippen LogP contribution in [0.5, 0.6) is 11.5 Å². The summed E-state index contributed by atoms with van der Waals surface area (Å²) in [5.41, 5.74) is 2.63. The number of rotatable bonds is 7. The highest BCUT2D eigenvalue weighted by atomic mass is 35.5. The van der Waals surface area contributed by atoms with E-state index in [1.165, 1.54) is 12.1 Å². The Hall–Kier alpha value is -2.47. The number of ether oxygens (including phenoxy) is 2. The number of Topliss-reactive ketones (excluding diaryl/α,β-unsaturated/α-hetero) is 1. The molecule has 1 heterocycles. The second kappa shape index (κ2) is 7.64. The second-order valence-corrected chi connectivity index (χ2v) is 7.03. The number of ketones is 1. The lowest BCUT2D eigenvalue weighted by Gasteiger charge is -2.10. The summed E-state index contributed by atoms with van der Waals surface area (Å²) in [6.07, 6.45) is 2.26. The largest absolute Gasteiger partial charge is 0.503 e. The van der Waals surface area contributed by atoms with Crippen LogP contribution in [-0.4, -0.2) is 34.6 Å². The Kier molecular flexibility index (Phi) is 5.46. The van der Waals surface area contributed by atoms with Gasteiger partial charge in [0.25, 0.3) is 0 Å². The lowest BCUT2D eigenvalue weighted by molar-refractivity contribution is 0.0474. The average Bonchev–Trinajstić information content (AvgIpc) is 3.41. The molecule has 144 valence electrons. The molecule has 1 aliphatic carbocycles. The molecule has 1 saturated carbocycles. The quantitative estimate of drug-likeness (QED) is 0.564. The maximum absolute atomic E-state index is 12.5. The molecule has 1 aliphatic rings. The van der Waals surface area contributed by atoms with Crippen molar-refractivity contribution in [2.45, 2.75) is 39.7 Å². The van der Waals surface area contributed by atoms with Gasteiger partial charge in [-0.05, 0) is 51.8 Å². The topological polar surface area (TPSA) is 77.8 Å². The number of hydrogen-bond acceptors (Lipinski definition) is 5. The van der Waals surface area contributed by atoms with Gasteiger partial charge in [0.05, 0.1) is 17.2 Å². The maximum atomic E-state index is 12.5. The summed E-state index contributed by atoms with van der Waals surface area (Å²) in [5.74, 6) is -1.10. The monoisotopic (exact) mass is 391 g/mol. The van der Waals surface area contributed by atoms with Gasteiger partial charge in [0.1, 0.15) is 0 Å². The Morgan fingerprint density at radius 3 is 2.59 bits per heavy atom. The number of aryl methyl sites for hydroxylation is 1. The van der Waals surface area contributed by atoms with Crippen molar-refractivity contribution in [2.24, 2.45) is 0 Å². The van der Waals surface area contributed by atoms with Crippen molar-refractivity contribution in [1.29, 1.82) is 0 Å². The molecule has 0 radical (unpaired) electrons. The number of carbonyl (C=O) groups excluding carboxylic acids is 2. The fraction of sp³-hybridized carbons (Fsp3) is 0.400. The lowest BCUT2D eigenvalue weighted by atomic mass is 10.1. The van der Waals surface area contributed by atoms with Gasteiger partial charge in [0.2, 0.25) is 5.78 Å². The third-order valence-corrected chi connectivity index (χ3v) is 4.88. The van der Waals surface area contributed by atoms with E-state index in [1.807, 2.05) is 19.9 Å². The van der Waals surface area contributed by atoms with Crippen LogP contribution >= 0.6 is 11.6 Å². The molecule has 0 saturated heterocycles. The van der Waals surface area contributed by atoms with E-state index in [0.717, 1.165) is 24.2 Å². The molecule has 1 N–H and O–H groups in total. The van der Waals surface area contributed by atoms with E-state index in [9.17, 15) is 14.7 Å². The number of carbonyl (C=O) groups is 2. The summed E-state index contributed by atoms with van der Waals surface area (Å²) in [7, 11) is 0. The Labute approximate surface area is 162 Å². The normalized spacial score (nSPS) is 13.5. The first-order chi connectivity index (χ1) is 12.8. The van der Waals surface area contributed by atoms with E-state index in [1.54, 1.807) is 6.92 Å². The van der Waals surface area contributed by atoms with Crippen LogP contribution in [0.4, 0.5) is 0 Å². The van der Waals surface area contributed by atoms with Crippen LogP contribution in [0.15, 0.2) is 18.2 Å². The third-order valence-electron chi connectivity index (χ3n) is 4.60. The summed E-state index contributed by atoms with van der Waals surface area (Å²) in [6.45, 7) is 5.57. The zero-order valence-electron chi connectivity index (χ0n) is 15.5. The second-order valence-electron chi connectivity index (χ2n) is 6.62. The fourth-order valence-electron chi connectivity index (χ4n) is 3.20. The van der Waals surface area contributed by atoms with E-state index in [-0.39, 0.29) is 34.5 Å². The highest BCUT2D eigenvalue weighted by Crippen LogP contribution is 2.38. The first kappa shape index (κ1) is 19.3. The van der Waals surface area contributed by atoms with Crippen molar-refractivity contribution >= 4 is 23.4 Å². The van der Waals surface area contributed by atoms with Gasteiger partial charge >= 0.3 is 5.97 Å². The highest BCUT2D eigenvalue weighted by Gasteiger charge is 2.28. The van der Waals surface area contributed by atoms with Crippen molar-refractivity contribution < 1.29 is 24.2 Å². The first-order valence-corrected chi connectivity index (χ1v) is 9.25. The minimum absolute atomic E-state index is 0.0211. The van der Waals surface area contributed by atoms with Gasteiger partial charge in [0.15, 0.2) is 18.1 Å². The standard InChI is InChI=1S/C20H22ClNO5/c1-4-26-18-9-13(8-16(21)19(18)24)20(25)27-10-17(23)15-7-11(2)22(12(15)3)14-5-6-14/h7-9,14,24H,4-6,10H2,1-3H3. The van der Waals surface area contributed by atoms with Gasteiger partial charge in [-0.15, -0.1) is 0 Å². The van der Waals surface area contributed by atoms with Crippen molar-refractivity contribution in [3.05, 3.63) is 45.7 Å². The van der Waals surface area contributed by atoms with E-state index in [4.69, 9.17) is 21.1 Å². The molecule has 0 aliphatic heterocycles. The van der Waals surface area contributed by atoms with Gasteiger partial charge < -0.3 is 19.1 Å². The number of halogens is 1. The molecular formula is C20H22ClNO5. The molecule has 0 bridgehead atoms. The molecule has 1 aromatic carbocycles. The van der Waals surface area contributed by atoms with Crippen LogP contribution in [0.1, 0.15) is 57.9 Å². The van der Waals surface area contributed by atoms with E-state index < -0.39 is 5.97 Å². The summed E-state index contributed by atoms with van der Waals surface area (Å²) < 4.78 is 12.6. The van der Waals surface area contributed by atoms with Gasteiger partial charge in [0, 0.05) is 23.0 Å². The van der Waals surface area contributed by atoms with Crippen LogP contribution in [0, 0.1) is 13.8 Å². The average molecular weight is 392 g/mol. The molecule has 0 atom stereocenters. The van der Waals surface area contributed by atoms with Crippen LogP contribution in [0.2, 0.25) is 5.02 Å². The molecular weight excluding hydrogens is 370 g/mol.